The Balaban J connectivity index is 4.03. The lowest BCUT2D eigenvalue weighted by Gasteiger charge is -2.07. The average molecular weight is 182 g/mol. The molecule has 1 amide bonds. The van der Waals surface area contributed by atoms with Gasteiger partial charge < -0.3 is 5.32 Å². The summed E-state index contributed by atoms with van der Waals surface area (Å²) < 4.78 is 0. The third-order valence-corrected chi connectivity index (χ3v) is 1.42. The molecule has 0 radical (unpaired) electrons. The molecule has 0 rings (SSSR count). The molecule has 0 saturated carbocycles. The van der Waals surface area contributed by atoms with Gasteiger partial charge in [-0.2, -0.15) is 0 Å². The summed E-state index contributed by atoms with van der Waals surface area (Å²) in [5, 5.41) is 2.81. The van der Waals surface area contributed by atoms with Gasteiger partial charge in [-0.1, -0.05) is 6.08 Å². The summed E-state index contributed by atoms with van der Waals surface area (Å²) in [7, 11) is 0. The van der Waals surface area contributed by atoms with Crippen molar-refractivity contribution in [2.45, 2.75) is 40.2 Å². The first-order valence-corrected chi connectivity index (χ1v) is 4.53. The molecule has 0 atom stereocenters. The van der Waals surface area contributed by atoms with Crippen molar-refractivity contribution in [3.8, 4) is 0 Å². The van der Waals surface area contributed by atoms with Crippen molar-refractivity contribution < 1.29 is 4.79 Å². The Morgan fingerprint density at radius 3 is 2.46 bits per heavy atom. The van der Waals surface area contributed by atoms with Gasteiger partial charge >= 0.3 is 0 Å². The fourth-order valence-corrected chi connectivity index (χ4v) is 0.926. The van der Waals surface area contributed by atoms with Crippen LogP contribution in [0.25, 0.3) is 0 Å². The van der Waals surface area contributed by atoms with E-state index < -0.39 is 0 Å². The number of aliphatic imine (C=N–C) groups is 1. The second kappa shape index (κ2) is 6.40. The Bertz CT molecular complexity index is 217. The van der Waals surface area contributed by atoms with Crippen LogP contribution in [-0.4, -0.2) is 18.2 Å². The normalized spacial score (nSPS) is 12.5. The number of amides is 1. The number of hydrogen-bond donors (Lipinski definition) is 1. The summed E-state index contributed by atoms with van der Waals surface area (Å²) in [6.07, 6.45) is 3.90. The quantitative estimate of drug-likeness (QED) is 0.663. The van der Waals surface area contributed by atoms with Crippen LogP contribution in [0.4, 0.5) is 0 Å². The number of rotatable bonds is 4. The molecule has 0 spiro atoms. The zero-order chi connectivity index (χ0) is 10.3. The van der Waals surface area contributed by atoms with Crippen LogP contribution in [-0.2, 0) is 4.79 Å². The van der Waals surface area contributed by atoms with Crippen molar-refractivity contribution >= 4 is 12.1 Å². The second-order valence-corrected chi connectivity index (χ2v) is 3.07. The lowest BCUT2D eigenvalue weighted by atomic mass is 10.2. The number of carbonyl (C=O) groups is 1. The average Bonchev–Trinajstić information content (AvgIpc) is 2.02. The molecule has 13 heavy (non-hydrogen) atoms. The van der Waals surface area contributed by atoms with Crippen LogP contribution in [0.2, 0.25) is 0 Å². The van der Waals surface area contributed by atoms with Crippen LogP contribution in [0.1, 0.15) is 34.1 Å². The zero-order valence-electron chi connectivity index (χ0n) is 8.79. The minimum absolute atomic E-state index is 0.0219. The van der Waals surface area contributed by atoms with E-state index in [0.717, 1.165) is 5.70 Å². The van der Waals surface area contributed by atoms with Gasteiger partial charge in [0.25, 0.3) is 0 Å². The van der Waals surface area contributed by atoms with Crippen LogP contribution >= 0.6 is 0 Å². The van der Waals surface area contributed by atoms with Gasteiger partial charge in [0, 0.05) is 18.0 Å². The van der Waals surface area contributed by atoms with Gasteiger partial charge in [-0.15, -0.1) is 0 Å². The maximum atomic E-state index is 11.3. The molecule has 0 saturated heterocycles. The number of nitrogens with zero attached hydrogens (tertiary/aromatic N) is 1. The smallest absolute Gasteiger partial charge is 0.226 e. The monoisotopic (exact) mass is 182 g/mol. The lowest BCUT2D eigenvalue weighted by molar-refractivity contribution is -0.120. The summed E-state index contributed by atoms with van der Waals surface area (Å²) in [6.45, 7) is 7.60. The SMILES string of the molecule is CC=N/C(=C\C)CC(=O)NC(C)C. The van der Waals surface area contributed by atoms with Gasteiger partial charge in [-0.3, -0.25) is 9.79 Å². The van der Waals surface area contributed by atoms with Crippen molar-refractivity contribution in [3.63, 3.8) is 0 Å². The summed E-state index contributed by atoms with van der Waals surface area (Å²) in [5.74, 6) is 0.0219. The van der Waals surface area contributed by atoms with Gasteiger partial charge in [0.2, 0.25) is 5.91 Å². The van der Waals surface area contributed by atoms with E-state index in [-0.39, 0.29) is 11.9 Å². The van der Waals surface area contributed by atoms with E-state index in [4.69, 9.17) is 0 Å². The highest BCUT2D eigenvalue weighted by Gasteiger charge is 2.04. The van der Waals surface area contributed by atoms with Crippen LogP contribution in [0, 0.1) is 0 Å². The van der Waals surface area contributed by atoms with E-state index >= 15 is 0 Å². The Morgan fingerprint density at radius 1 is 1.46 bits per heavy atom. The minimum atomic E-state index is 0.0219. The fraction of sp³-hybridized carbons (Fsp3) is 0.600. The van der Waals surface area contributed by atoms with Crippen molar-refractivity contribution in [1.29, 1.82) is 0 Å². The molecular weight excluding hydrogens is 164 g/mol. The van der Waals surface area contributed by atoms with Gasteiger partial charge in [0.1, 0.15) is 0 Å². The fourth-order valence-electron chi connectivity index (χ4n) is 0.926. The first-order chi connectivity index (χ1) is 6.10. The highest BCUT2D eigenvalue weighted by atomic mass is 16.1. The minimum Gasteiger partial charge on any atom is -0.354 e. The van der Waals surface area contributed by atoms with Crippen LogP contribution in [0.5, 0.6) is 0 Å². The van der Waals surface area contributed by atoms with Gasteiger partial charge in [-0.05, 0) is 27.7 Å². The third kappa shape index (κ3) is 6.08. The number of nitrogens with one attached hydrogen (secondary N) is 1. The van der Waals surface area contributed by atoms with E-state index in [1.807, 2.05) is 33.8 Å². The van der Waals surface area contributed by atoms with Gasteiger partial charge in [-0.25, -0.2) is 0 Å². The molecule has 3 nitrogen and oxygen atoms in total. The zero-order valence-corrected chi connectivity index (χ0v) is 8.79. The molecule has 0 aromatic heterocycles. The van der Waals surface area contributed by atoms with E-state index in [1.165, 1.54) is 0 Å². The van der Waals surface area contributed by atoms with Crippen LogP contribution in [0.15, 0.2) is 16.8 Å². The molecule has 74 valence electrons. The largest absolute Gasteiger partial charge is 0.354 e. The molecule has 0 unspecified atom stereocenters. The molecule has 0 aromatic carbocycles. The van der Waals surface area contributed by atoms with E-state index in [1.54, 1.807) is 6.21 Å². The molecular formula is C10H18N2O. The lowest BCUT2D eigenvalue weighted by Crippen LogP contribution is -2.30. The summed E-state index contributed by atoms with van der Waals surface area (Å²) in [5.41, 5.74) is 0.806. The Kier molecular flexibility index (Phi) is 5.85. The highest BCUT2D eigenvalue weighted by molar-refractivity contribution is 5.79. The summed E-state index contributed by atoms with van der Waals surface area (Å²) in [6, 6.07) is 0.191. The van der Waals surface area contributed by atoms with Gasteiger partial charge in [0.05, 0.1) is 6.42 Å². The maximum absolute atomic E-state index is 11.3. The Labute approximate surface area is 79.9 Å². The Hall–Kier alpha value is -1.12. The number of hydrogen-bond acceptors (Lipinski definition) is 2. The molecule has 3 heteroatoms. The molecule has 0 fully saturated rings. The van der Waals surface area contributed by atoms with Crippen molar-refractivity contribution in [2.24, 2.45) is 4.99 Å². The predicted molar refractivity (Wildman–Crippen MR) is 55.8 cm³/mol. The molecule has 0 aliphatic rings. The molecule has 0 aliphatic carbocycles. The topological polar surface area (TPSA) is 41.5 Å². The van der Waals surface area contributed by atoms with Crippen molar-refractivity contribution in [1.82, 2.24) is 5.32 Å². The first-order valence-electron chi connectivity index (χ1n) is 4.53. The molecule has 0 bridgehead atoms. The third-order valence-electron chi connectivity index (χ3n) is 1.42. The maximum Gasteiger partial charge on any atom is 0.226 e. The first kappa shape index (κ1) is 11.9. The van der Waals surface area contributed by atoms with E-state index in [0.29, 0.717) is 6.42 Å². The molecule has 0 aliphatic heterocycles. The number of allylic oxidation sites excluding steroid dienone is 1. The van der Waals surface area contributed by atoms with Gasteiger partial charge in [0.15, 0.2) is 0 Å². The van der Waals surface area contributed by atoms with Crippen molar-refractivity contribution in [3.05, 3.63) is 11.8 Å². The predicted octanol–water partition coefficient (Wildman–Crippen LogP) is 1.90. The summed E-state index contributed by atoms with van der Waals surface area (Å²) >= 11 is 0. The van der Waals surface area contributed by atoms with E-state index in [9.17, 15) is 4.79 Å². The standard InChI is InChI=1S/C10H18N2O/c1-5-9(11-6-2)7-10(13)12-8(3)4/h5-6,8H,7H2,1-4H3,(H,12,13)/b9-5-,11-6?. The van der Waals surface area contributed by atoms with Crippen LogP contribution < -0.4 is 5.32 Å². The number of carbonyl (C=O) groups excluding carboxylic acids is 1. The van der Waals surface area contributed by atoms with E-state index in [2.05, 4.69) is 10.3 Å². The van der Waals surface area contributed by atoms with Crippen molar-refractivity contribution in [2.75, 3.05) is 0 Å². The highest BCUT2D eigenvalue weighted by Crippen LogP contribution is 2.02. The Morgan fingerprint density at radius 2 is 2.08 bits per heavy atom. The molecule has 0 aromatic rings. The second-order valence-electron chi connectivity index (χ2n) is 3.07. The summed E-state index contributed by atoms with van der Waals surface area (Å²) in [4.78, 5) is 15.3. The molecule has 1 N–H and O–H groups in total. The molecule has 0 heterocycles. The van der Waals surface area contributed by atoms with Crippen LogP contribution in [0.3, 0.4) is 0 Å².